The van der Waals surface area contributed by atoms with Crippen molar-refractivity contribution < 1.29 is 14.7 Å². The predicted octanol–water partition coefficient (Wildman–Crippen LogP) is 3.03. The first-order chi connectivity index (χ1) is 12.7. The van der Waals surface area contributed by atoms with Gasteiger partial charge in [0, 0.05) is 18.5 Å². The predicted molar refractivity (Wildman–Crippen MR) is 96.4 cm³/mol. The highest BCUT2D eigenvalue weighted by molar-refractivity contribution is 6.11. The highest BCUT2D eigenvalue weighted by Gasteiger charge is 2.15. The Hall–Kier alpha value is -3.84. The highest BCUT2D eigenvalue weighted by Crippen LogP contribution is 2.13. The summed E-state index contributed by atoms with van der Waals surface area (Å²) in [5, 5.41) is 22.3. The van der Waals surface area contributed by atoms with Crippen LogP contribution in [0.1, 0.15) is 17.7 Å². The van der Waals surface area contributed by atoms with Crippen molar-refractivity contribution in [3.8, 4) is 18.4 Å². The minimum Gasteiger partial charge on any atom is -0.465 e. The number of hydrogen-bond acceptors (Lipinski definition) is 5. The number of hydrogen-bond donors (Lipinski definition) is 1. The van der Waals surface area contributed by atoms with Crippen molar-refractivity contribution in [3.05, 3.63) is 59.8 Å². The van der Waals surface area contributed by atoms with Crippen molar-refractivity contribution in [2.75, 3.05) is 11.4 Å². The molecule has 1 aromatic heterocycles. The van der Waals surface area contributed by atoms with Gasteiger partial charge in [-0.3, -0.25) is 4.90 Å². The smallest absolute Gasteiger partial charge is 0.413 e. The number of benzene rings is 1. The van der Waals surface area contributed by atoms with Gasteiger partial charge in [0.05, 0.1) is 5.69 Å². The summed E-state index contributed by atoms with van der Waals surface area (Å²) in [5.41, 5.74) is 1.26. The monoisotopic (exact) mass is 348 g/mol. The summed E-state index contributed by atoms with van der Waals surface area (Å²) >= 11 is 0. The molecule has 2 rings (SSSR count). The molecule has 1 aromatic carbocycles. The largest absolute Gasteiger partial charge is 0.465 e. The number of carbonyl (C=O) groups is 1. The van der Waals surface area contributed by atoms with Crippen LogP contribution in [0.2, 0.25) is 0 Å². The summed E-state index contributed by atoms with van der Waals surface area (Å²) in [6.45, 7) is 0.141. The Labute approximate surface area is 151 Å². The first-order valence-electron chi connectivity index (χ1n) is 7.71. The molecule has 0 radical (unpaired) electrons. The molecular formula is C19H16N4O3. The summed E-state index contributed by atoms with van der Waals surface area (Å²) in [5.74, 6) is 2.65. The van der Waals surface area contributed by atoms with Crippen LogP contribution in [0.15, 0.2) is 53.7 Å². The van der Waals surface area contributed by atoms with Crippen molar-refractivity contribution in [1.29, 1.82) is 5.26 Å². The van der Waals surface area contributed by atoms with Crippen LogP contribution >= 0.6 is 0 Å². The van der Waals surface area contributed by atoms with Crippen LogP contribution in [0.4, 0.5) is 10.6 Å². The lowest BCUT2D eigenvalue weighted by Crippen LogP contribution is -2.31. The van der Waals surface area contributed by atoms with Crippen LogP contribution in [-0.2, 0) is 11.4 Å². The van der Waals surface area contributed by atoms with Gasteiger partial charge in [0.1, 0.15) is 11.9 Å². The Bertz CT molecular complexity index is 866. The fourth-order valence-corrected chi connectivity index (χ4v) is 2.08. The van der Waals surface area contributed by atoms with Crippen LogP contribution in [0.3, 0.4) is 0 Å². The first-order valence-corrected chi connectivity index (χ1v) is 7.71. The Morgan fingerprint density at radius 2 is 2.04 bits per heavy atom. The maximum atomic E-state index is 11.3. The molecule has 130 valence electrons. The minimum atomic E-state index is -1.14. The van der Waals surface area contributed by atoms with Crippen molar-refractivity contribution in [1.82, 2.24) is 4.98 Å². The van der Waals surface area contributed by atoms with E-state index in [4.69, 9.17) is 11.3 Å². The number of amides is 1. The van der Waals surface area contributed by atoms with E-state index in [0.717, 1.165) is 4.90 Å². The number of oxime groups is 1. The Kier molecular flexibility index (Phi) is 6.73. The Balaban J connectivity index is 2.09. The van der Waals surface area contributed by atoms with Gasteiger partial charge in [0.2, 0.25) is 0 Å². The van der Waals surface area contributed by atoms with Gasteiger partial charge in [-0.05, 0) is 12.1 Å². The zero-order valence-electron chi connectivity index (χ0n) is 13.9. The average Bonchev–Trinajstić information content (AvgIpc) is 2.66. The van der Waals surface area contributed by atoms with Crippen molar-refractivity contribution >= 4 is 17.6 Å². The zero-order chi connectivity index (χ0) is 18.8. The molecule has 26 heavy (non-hydrogen) atoms. The third-order valence-electron chi connectivity index (χ3n) is 3.30. The average molecular weight is 348 g/mol. The molecule has 1 heterocycles. The molecule has 0 saturated carbocycles. The quantitative estimate of drug-likeness (QED) is 0.471. The zero-order valence-corrected chi connectivity index (χ0v) is 13.9. The number of carboxylic acid groups (broad SMARTS) is 1. The van der Waals surface area contributed by atoms with E-state index < -0.39 is 6.09 Å². The Morgan fingerprint density at radius 3 is 2.69 bits per heavy atom. The second-order valence-electron chi connectivity index (χ2n) is 5.07. The molecule has 0 spiro atoms. The highest BCUT2D eigenvalue weighted by atomic mass is 16.6. The number of rotatable bonds is 7. The molecule has 7 nitrogen and oxygen atoms in total. The van der Waals surface area contributed by atoms with E-state index >= 15 is 0 Å². The summed E-state index contributed by atoms with van der Waals surface area (Å²) in [4.78, 5) is 21.9. The van der Waals surface area contributed by atoms with E-state index in [1.807, 2.05) is 12.1 Å². The van der Waals surface area contributed by atoms with E-state index in [-0.39, 0.29) is 31.1 Å². The number of aromatic nitrogens is 1. The second-order valence-corrected chi connectivity index (χ2v) is 5.07. The molecule has 0 fully saturated rings. The number of pyridine rings is 1. The third-order valence-corrected chi connectivity index (χ3v) is 3.30. The molecule has 7 heteroatoms. The van der Waals surface area contributed by atoms with E-state index in [1.54, 1.807) is 42.5 Å². The molecule has 2 aromatic rings. The SMILES string of the molecule is C#CCCN(C(=O)O)c1cccc(CON=C(C#N)c2ccccc2)n1. The fourth-order valence-electron chi connectivity index (χ4n) is 2.08. The van der Waals surface area contributed by atoms with Crippen molar-refractivity contribution in [2.24, 2.45) is 5.16 Å². The van der Waals surface area contributed by atoms with Crippen LogP contribution in [0.5, 0.6) is 0 Å². The molecule has 0 aliphatic heterocycles. The summed E-state index contributed by atoms with van der Waals surface area (Å²) in [6.07, 6.45) is 4.33. The van der Waals surface area contributed by atoms with Gasteiger partial charge in [-0.15, -0.1) is 12.3 Å². The fraction of sp³-hybridized carbons (Fsp3) is 0.158. The maximum absolute atomic E-state index is 11.3. The summed E-state index contributed by atoms with van der Waals surface area (Å²) in [7, 11) is 0. The number of anilines is 1. The molecule has 0 unspecified atom stereocenters. The minimum absolute atomic E-state index is 0.00550. The summed E-state index contributed by atoms with van der Waals surface area (Å²) in [6, 6.07) is 15.8. The van der Waals surface area contributed by atoms with Gasteiger partial charge in [-0.2, -0.15) is 5.26 Å². The van der Waals surface area contributed by atoms with Crippen LogP contribution < -0.4 is 4.90 Å². The summed E-state index contributed by atoms with van der Waals surface area (Å²) < 4.78 is 0. The first kappa shape index (κ1) is 18.5. The number of nitrogens with zero attached hydrogens (tertiary/aromatic N) is 4. The lowest BCUT2D eigenvalue weighted by Gasteiger charge is -2.17. The Morgan fingerprint density at radius 1 is 1.27 bits per heavy atom. The van der Waals surface area contributed by atoms with Crippen molar-refractivity contribution in [3.63, 3.8) is 0 Å². The lowest BCUT2D eigenvalue weighted by molar-refractivity contribution is 0.128. The van der Waals surface area contributed by atoms with E-state index in [1.165, 1.54) is 0 Å². The van der Waals surface area contributed by atoms with Gasteiger partial charge in [0.25, 0.3) is 0 Å². The van der Waals surface area contributed by atoms with E-state index in [2.05, 4.69) is 16.1 Å². The van der Waals surface area contributed by atoms with Crippen LogP contribution in [-0.4, -0.2) is 28.4 Å². The molecule has 0 saturated heterocycles. The molecule has 1 N–H and O–H groups in total. The van der Waals surface area contributed by atoms with E-state index in [9.17, 15) is 15.2 Å². The van der Waals surface area contributed by atoms with Crippen LogP contribution in [0.25, 0.3) is 0 Å². The lowest BCUT2D eigenvalue weighted by atomic mass is 10.1. The molecule has 1 amide bonds. The van der Waals surface area contributed by atoms with Gasteiger partial charge in [-0.1, -0.05) is 41.6 Å². The normalized spacial score (nSPS) is 10.5. The second kappa shape index (κ2) is 9.45. The molecule has 0 bridgehead atoms. The van der Waals surface area contributed by atoms with E-state index in [0.29, 0.717) is 11.3 Å². The standard InChI is InChI=1S/C19H16N4O3/c1-2-3-12-23(19(24)25)18-11-7-10-16(21-18)14-26-22-17(13-20)15-8-5-4-6-9-15/h1,4-11H,3,12,14H2,(H,24,25). The van der Waals surface area contributed by atoms with Gasteiger partial charge >= 0.3 is 6.09 Å². The topological polar surface area (TPSA) is 98.8 Å². The van der Waals surface area contributed by atoms with Gasteiger partial charge in [0.15, 0.2) is 12.3 Å². The third kappa shape index (κ3) is 5.08. The van der Waals surface area contributed by atoms with Gasteiger partial charge < -0.3 is 9.94 Å². The van der Waals surface area contributed by atoms with Crippen LogP contribution in [0, 0.1) is 23.7 Å². The number of terminal acetylenes is 1. The molecular weight excluding hydrogens is 332 g/mol. The van der Waals surface area contributed by atoms with Crippen molar-refractivity contribution in [2.45, 2.75) is 13.0 Å². The molecule has 0 aliphatic carbocycles. The molecule has 0 atom stereocenters. The number of nitriles is 1. The van der Waals surface area contributed by atoms with Gasteiger partial charge in [-0.25, -0.2) is 9.78 Å². The maximum Gasteiger partial charge on any atom is 0.413 e. The molecule has 0 aliphatic rings.